The van der Waals surface area contributed by atoms with Crippen LogP contribution in [0.2, 0.25) is 0 Å². The molecule has 3 rings (SSSR count). The van der Waals surface area contributed by atoms with Crippen molar-refractivity contribution in [1.29, 1.82) is 0 Å². The van der Waals surface area contributed by atoms with Gasteiger partial charge in [-0.05, 0) is 12.0 Å². The van der Waals surface area contributed by atoms with Crippen LogP contribution in [-0.4, -0.2) is 46.4 Å². The number of carbonyl (C=O) groups excluding carboxylic acids is 1. The summed E-state index contributed by atoms with van der Waals surface area (Å²) in [6.07, 6.45) is 1.12. The lowest BCUT2D eigenvalue weighted by Crippen LogP contribution is -2.41. The minimum atomic E-state index is -0.442. The van der Waals surface area contributed by atoms with Crippen molar-refractivity contribution >= 4 is 5.91 Å². The van der Waals surface area contributed by atoms with Gasteiger partial charge < -0.3 is 20.3 Å². The smallest absolute Gasteiger partial charge is 0.237 e. The maximum absolute atomic E-state index is 11.9. The first kappa shape index (κ1) is 15.6. The summed E-state index contributed by atoms with van der Waals surface area (Å²) in [5.41, 5.74) is 1.12. The molecule has 0 saturated carbocycles. The minimum absolute atomic E-state index is 0.106. The highest BCUT2D eigenvalue weighted by Gasteiger charge is 2.27. The maximum atomic E-state index is 11.9. The number of β-amino-alcohol motifs (C(OH)–C–C–N with tert-alkyl or cyclic N) is 1. The van der Waals surface area contributed by atoms with Gasteiger partial charge in [-0.3, -0.25) is 4.79 Å². The van der Waals surface area contributed by atoms with Gasteiger partial charge in [0.2, 0.25) is 11.8 Å². The lowest BCUT2D eigenvalue weighted by atomic mass is 10.1. The van der Waals surface area contributed by atoms with E-state index in [2.05, 4.69) is 20.8 Å². The predicted octanol–water partition coefficient (Wildman–Crippen LogP) is 0.0419. The van der Waals surface area contributed by atoms with Gasteiger partial charge in [0.25, 0.3) is 0 Å². The Morgan fingerprint density at radius 3 is 2.96 bits per heavy atom. The van der Waals surface area contributed by atoms with Crippen LogP contribution in [0.25, 0.3) is 0 Å². The van der Waals surface area contributed by atoms with Crippen molar-refractivity contribution in [3.05, 3.63) is 47.6 Å². The number of aliphatic hydroxyl groups is 1. The molecule has 0 unspecified atom stereocenters. The summed E-state index contributed by atoms with van der Waals surface area (Å²) in [5, 5.41) is 19.1. The Labute approximate surface area is 134 Å². The van der Waals surface area contributed by atoms with Gasteiger partial charge >= 0.3 is 0 Å². The zero-order chi connectivity index (χ0) is 16.1. The van der Waals surface area contributed by atoms with Crippen molar-refractivity contribution in [3.8, 4) is 0 Å². The molecule has 7 heteroatoms. The molecule has 1 fully saturated rings. The number of aromatic nitrogens is 2. The number of rotatable bonds is 6. The van der Waals surface area contributed by atoms with E-state index in [1.54, 1.807) is 0 Å². The van der Waals surface area contributed by atoms with E-state index in [9.17, 15) is 9.90 Å². The van der Waals surface area contributed by atoms with Gasteiger partial charge in [-0.1, -0.05) is 35.5 Å². The molecule has 2 heterocycles. The average molecular weight is 316 g/mol. The van der Waals surface area contributed by atoms with Crippen LogP contribution in [0.4, 0.5) is 0 Å². The van der Waals surface area contributed by atoms with Crippen molar-refractivity contribution in [2.75, 3.05) is 13.1 Å². The number of aliphatic hydroxyl groups excluding tert-OH is 1. The van der Waals surface area contributed by atoms with E-state index in [4.69, 9.17) is 4.52 Å². The molecule has 1 saturated heterocycles. The zero-order valence-electron chi connectivity index (χ0n) is 12.7. The van der Waals surface area contributed by atoms with E-state index in [0.717, 1.165) is 5.56 Å². The standard InChI is InChI=1S/C16H20N4O3/c21-12-9-13(18-10-12)16(22)17-7-6-15-19-14(20-23-15)8-11-4-2-1-3-5-11/h1-5,12-13,18,21H,6-10H2,(H,17,22)/t12-,13+/m1/s1. The molecule has 0 bridgehead atoms. The number of amides is 1. The van der Waals surface area contributed by atoms with Crippen LogP contribution >= 0.6 is 0 Å². The Morgan fingerprint density at radius 1 is 1.39 bits per heavy atom. The predicted molar refractivity (Wildman–Crippen MR) is 82.7 cm³/mol. The molecular formula is C16H20N4O3. The highest BCUT2D eigenvalue weighted by molar-refractivity contribution is 5.82. The topological polar surface area (TPSA) is 100 Å². The highest BCUT2D eigenvalue weighted by Crippen LogP contribution is 2.08. The largest absolute Gasteiger partial charge is 0.392 e. The Hall–Kier alpha value is -2.25. The third-order valence-electron chi connectivity index (χ3n) is 3.78. The Balaban J connectivity index is 1.43. The molecular weight excluding hydrogens is 296 g/mol. The van der Waals surface area contributed by atoms with Gasteiger partial charge in [-0.25, -0.2) is 0 Å². The summed E-state index contributed by atoms with van der Waals surface area (Å²) in [6, 6.07) is 9.62. The summed E-state index contributed by atoms with van der Waals surface area (Å²) < 4.78 is 5.19. The van der Waals surface area contributed by atoms with Gasteiger partial charge in [0.1, 0.15) is 0 Å². The maximum Gasteiger partial charge on any atom is 0.237 e. The van der Waals surface area contributed by atoms with Crippen LogP contribution in [-0.2, 0) is 17.6 Å². The second-order valence-corrected chi connectivity index (χ2v) is 5.66. The first-order valence-electron chi connectivity index (χ1n) is 7.75. The first-order chi connectivity index (χ1) is 11.2. The van der Waals surface area contributed by atoms with Crippen molar-refractivity contribution in [2.45, 2.75) is 31.4 Å². The molecule has 0 radical (unpaired) electrons. The Kier molecular flexibility index (Phi) is 4.99. The quantitative estimate of drug-likeness (QED) is 0.696. The molecule has 2 aromatic rings. The molecule has 2 atom stereocenters. The minimum Gasteiger partial charge on any atom is -0.392 e. The molecule has 1 aliphatic heterocycles. The molecule has 23 heavy (non-hydrogen) atoms. The Morgan fingerprint density at radius 2 is 2.22 bits per heavy atom. The second-order valence-electron chi connectivity index (χ2n) is 5.66. The van der Waals surface area contributed by atoms with E-state index in [-0.39, 0.29) is 11.9 Å². The number of benzene rings is 1. The molecule has 0 spiro atoms. The van der Waals surface area contributed by atoms with Gasteiger partial charge in [0.05, 0.1) is 12.1 Å². The van der Waals surface area contributed by atoms with Crippen molar-refractivity contribution in [2.24, 2.45) is 0 Å². The van der Waals surface area contributed by atoms with E-state index in [1.807, 2.05) is 30.3 Å². The number of hydrogen-bond donors (Lipinski definition) is 3. The molecule has 0 aliphatic carbocycles. The molecule has 1 aromatic carbocycles. The number of nitrogens with one attached hydrogen (secondary N) is 2. The van der Waals surface area contributed by atoms with E-state index in [1.165, 1.54) is 0 Å². The molecule has 1 aromatic heterocycles. The molecule has 7 nitrogen and oxygen atoms in total. The molecule has 1 aliphatic rings. The normalized spacial score (nSPS) is 20.6. The van der Waals surface area contributed by atoms with Crippen LogP contribution in [0.5, 0.6) is 0 Å². The monoisotopic (exact) mass is 316 g/mol. The third kappa shape index (κ3) is 4.37. The fourth-order valence-corrected chi connectivity index (χ4v) is 2.57. The van der Waals surface area contributed by atoms with Crippen molar-refractivity contribution in [3.63, 3.8) is 0 Å². The fraction of sp³-hybridized carbons (Fsp3) is 0.438. The molecule has 122 valence electrons. The van der Waals surface area contributed by atoms with Gasteiger partial charge in [0, 0.05) is 25.9 Å². The van der Waals surface area contributed by atoms with Crippen molar-refractivity contribution in [1.82, 2.24) is 20.8 Å². The fourth-order valence-electron chi connectivity index (χ4n) is 2.57. The van der Waals surface area contributed by atoms with Crippen LogP contribution < -0.4 is 10.6 Å². The lowest BCUT2D eigenvalue weighted by Gasteiger charge is -2.09. The lowest BCUT2D eigenvalue weighted by molar-refractivity contribution is -0.122. The van der Waals surface area contributed by atoms with Crippen molar-refractivity contribution < 1.29 is 14.4 Å². The van der Waals surface area contributed by atoms with Gasteiger partial charge in [-0.15, -0.1) is 0 Å². The SMILES string of the molecule is O=C(NCCc1nc(Cc2ccccc2)no1)[C@@H]1C[C@@H](O)CN1. The average Bonchev–Trinajstić information content (AvgIpc) is 3.17. The summed E-state index contributed by atoms with van der Waals surface area (Å²) in [5.74, 6) is 1.04. The van der Waals surface area contributed by atoms with E-state index in [0.29, 0.717) is 44.1 Å². The number of nitrogens with zero attached hydrogens (tertiary/aromatic N) is 2. The van der Waals surface area contributed by atoms with Gasteiger partial charge in [0.15, 0.2) is 5.82 Å². The molecule has 3 N–H and O–H groups in total. The summed E-state index contributed by atoms with van der Waals surface area (Å²) in [4.78, 5) is 16.2. The summed E-state index contributed by atoms with van der Waals surface area (Å²) >= 11 is 0. The number of carbonyl (C=O) groups is 1. The van der Waals surface area contributed by atoms with Gasteiger partial charge in [-0.2, -0.15) is 4.98 Å². The Bertz CT molecular complexity index is 644. The second kappa shape index (κ2) is 7.34. The molecule has 1 amide bonds. The summed E-state index contributed by atoms with van der Waals surface area (Å²) in [6.45, 7) is 0.894. The van der Waals surface area contributed by atoms with E-state index < -0.39 is 6.10 Å². The number of hydrogen-bond acceptors (Lipinski definition) is 6. The first-order valence-corrected chi connectivity index (χ1v) is 7.75. The third-order valence-corrected chi connectivity index (χ3v) is 3.78. The van der Waals surface area contributed by atoms with Crippen LogP contribution in [0.3, 0.4) is 0 Å². The highest BCUT2D eigenvalue weighted by atomic mass is 16.5. The van der Waals surface area contributed by atoms with Crippen LogP contribution in [0.1, 0.15) is 23.7 Å². The van der Waals surface area contributed by atoms with E-state index >= 15 is 0 Å². The van der Waals surface area contributed by atoms with Crippen LogP contribution in [0.15, 0.2) is 34.9 Å². The zero-order valence-corrected chi connectivity index (χ0v) is 12.7. The van der Waals surface area contributed by atoms with Crippen LogP contribution in [0, 0.1) is 0 Å². The summed E-state index contributed by atoms with van der Waals surface area (Å²) in [7, 11) is 0.